The average Bonchev–Trinajstić information content (AvgIpc) is 3.60. The topological polar surface area (TPSA) is 106 Å². The Kier molecular flexibility index (Phi) is 10.5. The van der Waals surface area contributed by atoms with Crippen molar-refractivity contribution < 1.29 is 33.4 Å². The molecule has 9 nitrogen and oxygen atoms in total. The smallest absolute Gasteiger partial charge is 0.362 e. The zero-order valence-electron chi connectivity index (χ0n) is 33.6. The molecule has 296 valence electrons. The number of fused-ring (bicyclic) bond motifs is 7. The first-order chi connectivity index (χ1) is 25.4. The van der Waals surface area contributed by atoms with Crippen LogP contribution in [0.25, 0.3) is 0 Å². The third-order valence-corrected chi connectivity index (χ3v) is 16.8. The van der Waals surface area contributed by atoms with Crippen molar-refractivity contribution in [1.29, 1.82) is 0 Å². The fourth-order valence-corrected chi connectivity index (χ4v) is 14.0. The normalized spacial score (nSPS) is 44.6. The lowest BCUT2D eigenvalue weighted by Crippen LogP contribution is -2.75. The first kappa shape index (κ1) is 38.1. The average molecular weight is 737 g/mol. The Balaban J connectivity index is 0.834. The summed E-state index contributed by atoms with van der Waals surface area (Å²) in [5.41, 5.74) is 2.99. The molecule has 8 aliphatic rings. The summed E-state index contributed by atoms with van der Waals surface area (Å²) < 4.78 is 18.5. The summed E-state index contributed by atoms with van der Waals surface area (Å²) in [5.74, 6) is 3.86. The molecule has 0 amide bonds. The second-order valence-electron chi connectivity index (χ2n) is 20.0. The van der Waals surface area contributed by atoms with Crippen LogP contribution in [-0.4, -0.2) is 96.6 Å². The number of carboxylic acids is 1. The highest BCUT2D eigenvalue weighted by Gasteiger charge is 2.84. The van der Waals surface area contributed by atoms with Crippen molar-refractivity contribution in [2.45, 2.75) is 161 Å². The van der Waals surface area contributed by atoms with Crippen LogP contribution in [0, 0.1) is 46.3 Å². The predicted octanol–water partition coefficient (Wildman–Crippen LogP) is 7.32. The molecule has 1 saturated heterocycles. The van der Waals surface area contributed by atoms with Crippen LogP contribution in [0.3, 0.4) is 0 Å². The zero-order valence-corrected chi connectivity index (χ0v) is 33.6. The lowest BCUT2D eigenvalue weighted by Gasteiger charge is -2.58. The second kappa shape index (κ2) is 14.6. The van der Waals surface area contributed by atoms with Gasteiger partial charge in [0.2, 0.25) is 11.8 Å². The maximum atomic E-state index is 12.8. The minimum Gasteiger partial charge on any atom is -0.477 e. The van der Waals surface area contributed by atoms with E-state index in [-0.39, 0.29) is 41.7 Å². The fraction of sp³-hybridized carbons (Fsp3) is 0.886. The summed E-state index contributed by atoms with van der Waals surface area (Å²) >= 11 is 0. The summed E-state index contributed by atoms with van der Waals surface area (Å²) in [7, 11) is 0. The van der Waals surface area contributed by atoms with Gasteiger partial charge in [-0.2, -0.15) is 0 Å². The van der Waals surface area contributed by atoms with Gasteiger partial charge in [0.05, 0.1) is 32.0 Å². The number of rotatable bonds is 14. The van der Waals surface area contributed by atoms with Gasteiger partial charge in [0.15, 0.2) is 19.1 Å². The highest BCUT2D eigenvalue weighted by molar-refractivity contribution is 5.92. The number of esters is 1. The van der Waals surface area contributed by atoms with Crippen LogP contribution < -0.4 is 5.32 Å². The van der Waals surface area contributed by atoms with Crippen LogP contribution in [0.2, 0.25) is 0 Å². The number of aliphatic carboxylic acids is 1. The summed E-state index contributed by atoms with van der Waals surface area (Å²) in [6.07, 6.45) is 21.2. The number of morpholine rings is 1. The maximum absolute atomic E-state index is 12.8. The van der Waals surface area contributed by atoms with Gasteiger partial charge < -0.3 is 19.3 Å². The molecule has 6 aliphatic carbocycles. The number of nitrogens with one attached hydrogen (secondary N) is 1. The van der Waals surface area contributed by atoms with Crippen LogP contribution >= 0.6 is 0 Å². The number of carbonyl (C=O) groups excluding carboxylic acids is 1. The van der Waals surface area contributed by atoms with Gasteiger partial charge in [-0.15, -0.1) is 0 Å². The third kappa shape index (κ3) is 6.57. The van der Waals surface area contributed by atoms with Crippen LogP contribution in [-0.2, 0) is 23.8 Å². The first-order valence-corrected chi connectivity index (χ1v) is 21.9. The number of quaternary nitrogens is 1. The van der Waals surface area contributed by atoms with Gasteiger partial charge in [-0.05, 0) is 117 Å². The molecule has 2 N–H and O–H groups in total. The van der Waals surface area contributed by atoms with E-state index in [4.69, 9.17) is 19.2 Å². The Labute approximate surface area is 319 Å². The minimum absolute atomic E-state index is 0.0275. The Morgan fingerprint density at radius 3 is 2.72 bits per heavy atom. The van der Waals surface area contributed by atoms with Crippen molar-refractivity contribution in [2.75, 3.05) is 39.5 Å². The van der Waals surface area contributed by atoms with Gasteiger partial charge in [0.1, 0.15) is 6.54 Å². The van der Waals surface area contributed by atoms with E-state index < -0.39 is 17.7 Å². The number of allylic oxidation sites excluding steroid dienone is 1. The Morgan fingerprint density at radius 1 is 1.06 bits per heavy atom. The lowest BCUT2D eigenvalue weighted by atomic mass is 9.47. The number of ether oxygens (including phenoxy) is 3. The second-order valence-corrected chi connectivity index (χ2v) is 20.0. The zero-order chi connectivity index (χ0) is 37.2. The van der Waals surface area contributed by atoms with Crippen molar-refractivity contribution in [3.63, 3.8) is 0 Å². The number of aliphatic imine (C=N–C) groups is 1. The fourth-order valence-electron chi connectivity index (χ4n) is 14.0. The lowest BCUT2D eigenvalue weighted by molar-refractivity contribution is -0.958. The summed E-state index contributed by atoms with van der Waals surface area (Å²) in [6, 6.07) is -0.0833. The molecular formula is C44H70N3O6+. The molecule has 6 fully saturated rings. The maximum Gasteiger partial charge on any atom is 0.362 e. The summed E-state index contributed by atoms with van der Waals surface area (Å²) in [5, 5.41) is 13.9. The molecule has 0 bridgehead atoms. The van der Waals surface area contributed by atoms with Gasteiger partial charge in [0, 0.05) is 5.71 Å². The predicted molar refractivity (Wildman–Crippen MR) is 205 cm³/mol. The Bertz CT molecular complexity index is 1460. The van der Waals surface area contributed by atoms with Crippen LogP contribution in [0.1, 0.15) is 131 Å². The highest BCUT2D eigenvalue weighted by atomic mass is 16.6. The molecule has 8 unspecified atom stereocenters. The quantitative estimate of drug-likeness (QED) is 0.0834. The Hall–Kier alpha value is -1.81. The van der Waals surface area contributed by atoms with Crippen LogP contribution in [0.4, 0.5) is 0 Å². The van der Waals surface area contributed by atoms with Gasteiger partial charge in [-0.3, -0.25) is 14.8 Å². The summed E-state index contributed by atoms with van der Waals surface area (Å²) in [4.78, 5) is 30.2. The van der Waals surface area contributed by atoms with E-state index in [1.54, 1.807) is 5.57 Å². The molecular weight excluding hydrogens is 666 g/mol. The van der Waals surface area contributed by atoms with E-state index in [2.05, 4.69) is 46.0 Å². The van der Waals surface area contributed by atoms with E-state index in [1.165, 1.54) is 57.8 Å². The van der Waals surface area contributed by atoms with E-state index in [9.17, 15) is 14.7 Å². The number of hydrogen-bond acceptors (Lipinski definition) is 7. The monoisotopic (exact) mass is 737 g/mol. The van der Waals surface area contributed by atoms with E-state index in [0.29, 0.717) is 37.2 Å². The van der Waals surface area contributed by atoms with Crippen LogP contribution in [0.5, 0.6) is 0 Å². The van der Waals surface area contributed by atoms with Gasteiger partial charge in [-0.25, -0.2) is 9.59 Å². The molecule has 0 aromatic heterocycles. The van der Waals surface area contributed by atoms with Crippen LogP contribution in [0.15, 0.2) is 16.6 Å². The molecule has 1 spiro atoms. The molecule has 5 saturated carbocycles. The summed E-state index contributed by atoms with van der Waals surface area (Å²) in [6.45, 7) is 14.3. The molecule has 0 aromatic rings. The van der Waals surface area contributed by atoms with Crippen molar-refractivity contribution in [3.8, 4) is 0 Å². The molecule has 2 aliphatic heterocycles. The van der Waals surface area contributed by atoms with E-state index in [0.717, 1.165) is 79.7 Å². The van der Waals surface area contributed by atoms with E-state index in [1.807, 2.05) is 0 Å². The largest absolute Gasteiger partial charge is 0.477 e. The first-order valence-electron chi connectivity index (χ1n) is 21.9. The molecule has 0 aromatic carbocycles. The molecule has 53 heavy (non-hydrogen) atoms. The Morgan fingerprint density at radius 2 is 1.91 bits per heavy atom. The standard InChI is InChI=1S/C44H69N3O6/c1-28(2)9-8-10-29(3)33-15-16-34-32-14-13-30-25-31(17-19-42(30,4)35(32)18-20-43(33,34)5)52-24-23-51-22-21-47(26-38(48)49)27-39(50)53-41-40-44(41,47)46-37-12-7-6-11-36(37)45-40/h13,28-29,31-35,37,40-41,46H,6-12,14-27H2,1-5H3/p+1/t29-,31+,32?,33-,34?,35?,37-,40?,41?,42+,43?,44?,47?/m1/s1. The van der Waals surface area contributed by atoms with Crippen molar-refractivity contribution in [3.05, 3.63) is 11.6 Å². The number of carbonyl (C=O) groups is 2. The molecule has 8 rings (SSSR count). The minimum atomic E-state index is -0.911. The molecule has 9 heteroatoms. The van der Waals surface area contributed by atoms with Crippen molar-refractivity contribution in [2.24, 2.45) is 51.3 Å². The number of carboxylic acid groups (broad SMARTS) is 1. The SMILES string of the molecule is CC(C)CCC[C@@H](C)[C@H]1CCC2C3CC=C4C[C@@H](OCCOCC[N+]5(CC(=O)O)CC(=O)OC6C7N=C8CCCC[C@H]8NC765)CC[C@]4(C)C3CCC21C. The van der Waals surface area contributed by atoms with Crippen molar-refractivity contribution >= 4 is 17.7 Å². The van der Waals surface area contributed by atoms with E-state index >= 15 is 0 Å². The highest BCUT2D eigenvalue weighted by Crippen LogP contribution is 2.67. The third-order valence-electron chi connectivity index (χ3n) is 16.8. The van der Waals surface area contributed by atoms with Gasteiger partial charge in [-0.1, -0.05) is 72.0 Å². The number of hydrogen-bond donors (Lipinski definition) is 2. The molecule has 13 atom stereocenters. The number of nitrogens with zero attached hydrogens (tertiary/aromatic N) is 2. The molecule has 2 heterocycles. The van der Waals surface area contributed by atoms with Gasteiger partial charge in [0.25, 0.3) is 0 Å². The van der Waals surface area contributed by atoms with Gasteiger partial charge >= 0.3 is 11.9 Å². The van der Waals surface area contributed by atoms with Crippen molar-refractivity contribution in [1.82, 2.24) is 5.32 Å². The molecule has 0 radical (unpaired) electrons.